The minimum Gasteiger partial charge on any atom is -0.464 e. The Labute approximate surface area is 155 Å². The van der Waals surface area contributed by atoms with E-state index in [9.17, 15) is 15.0 Å². The largest absolute Gasteiger partial charge is 0.464 e. The molecule has 0 bridgehead atoms. The summed E-state index contributed by atoms with van der Waals surface area (Å²) in [6.07, 6.45) is -2.75. The summed E-state index contributed by atoms with van der Waals surface area (Å²) in [4.78, 5) is 11.8. The number of aromatic nitrogens is 2. The number of esters is 1. The molecule has 1 fully saturated rings. The highest BCUT2D eigenvalue weighted by Crippen LogP contribution is 2.35. The van der Waals surface area contributed by atoms with Crippen LogP contribution in [0.25, 0.3) is 0 Å². The highest BCUT2D eigenvalue weighted by Gasteiger charge is 2.44. The molecule has 1 saturated heterocycles. The van der Waals surface area contributed by atoms with E-state index in [2.05, 4.69) is 24.7 Å². The number of aliphatic hydroxyl groups excluding tert-OH is 2. The molecule has 0 saturated carbocycles. The molecular formula is C17H30N2O6Si. The first-order valence-corrected chi connectivity index (χ1v) is 12.6. The lowest BCUT2D eigenvalue weighted by atomic mass is 10.0. The van der Waals surface area contributed by atoms with Crippen LogP contribution in [0.2, 0.25) is 25.7 Å². The van der Waals surface area contributed by atoms with Crippen LogP contribution in [-0.2, 0) is 20.9 Å². The minimum atomic E-state index is -1.21. The number of aliphatic hydroxyl groups is 2. The molecule has 0 amide bonds. The lowest BCUT2D eigenvalue weighted by molar-refractivity contribution is -0.00518. The maximum atomic E-state index is 11.8. The second-order valence-corrected chi connectivity index (χ2v) is 13.4. The van der Waals surface area contributed by atoms with Crippen molar-refractivity contribution in [2.24, 2.45) is 0 Å². The van der Waals surface area contributed by atoms with Crippen molar-refractivity contribution in [2.45, 2.75) is 70.2 Å². The number of carbonyl (C=O) groups excluding carboxylic acids is 1. The Kier molecular flexibility index (Phi) is 6.97. The topological polar surface area (TPSA) is 103 Å². The van der Waals surface area contributed by atoms with Gasteiger partial charge in [-0.1, -0.05) is 26.6 Å². The van der Waals surface area contributed by atoms with Crippen molar-refractivity contribution in [3.05, 3.63) is 17.5 Å². The molecule has 1 aliphatic heterocycles. The maximum Gasteiger partial charge on any atom is 0.358 e. The normalized spacial score (nSPS) is 26.3. The highest BCUT2D eigenvalue weighted by molar-refractivity contribution is 6.76. The molecule has 8 nitrogen and oxygen atoms in total. The molecule has 1 aliphatic rings. The maximum absolute atomic E-state index is 11.8. The Hall–Kier alpha value is -1.26. The molecule has 0 aliphatic carbocycles. The predicted molar refractivity (Wildman–Crippen MR) is 97.6 cm³/mol. The lowest BCUT2D eigenvalue weighted by Crippen LogP contribution is -2.30. The quantitative estimate of drug-likeness (QED) is 0.397. The second kappa shape index (κ2) is 8.62. The smallest absolute Gasteiger partial charge is 0.358 e. The van der Waals surface area contributed by atoms with Crippen molar-refractivity contribution in [1.82, 2.24) is 9.78 Å². The zero-order valence-corrected chi connectivity index (χ0v) is 17.1. The van der Waals surface area contributed by atoms with Crippen LogP contribution in [0.5, 0.6) is 0 Å². The monoisotopic (exact) mass is 386 g/mol. The first-order chi connectivity index (χ1) is 12.2. The molecule has 9 heteroatoms. The number of hydrogen-bond acceptors (Lipinski definition) is 7. The van der Waals surface area contributed by atoms with Gasteiger partial charge in [0.25, 0.3) is 0 Å². The third kappa shape index (κ3) is 4.92. The molecule has 2 N–H and O–H groups in total. The van der Waals surface area contributed by atoms with Crippen LogP contribution in [0.4, 0.5) is 0 Å². The lowest BCUT2D eigenvalue weighted by Gasteiger charge is -2.18. The average molecular weight is 387 g/mol. The van der Waals surface area contributed by atoms with Crippen molar-refractivity contribution in [3.63, 3.8) is 0 Å². The van der Waals surface area contributed by atoms with E-state index in [0.29, 0.717) is 18.7 Å². The Bertz CT molecular complexity index is 615. The van der Waals surface area contributed by atoms with Gasteiger partial charge in [-0.2, -0.15) is 5.10 Å². The number of methoxy groups -OCH3 is 1. The van der Waals surface area contributed by atoms with Gasteiger partial charge in [-0.3, -0.25) is 0 Å². The Morgan fingerprint density at radius 3 is 2.58 bits per heavy atom. The molecular weight excluding hydrogens is 356 g/mol. The summed E-state index contributed by atoms with van der Waals surface area (Å²) in [7, 11) is 0.0673. The van der Waals surface area contributed by atoms with Crippen LogP contribution >= 0.6 is 0 Å². The summed E-state index contributed by atoms with van der Waals surface area (Å²) in [5.41, 5.74) is 0.599. The molecule has 0 unspecified atom stereocenters. The number of ether oxygens (including phenoxy) is 3. The Balaban J connectivity index is 2.18. The molecule has 2 rings (SSSR count). The van der Waals surface area contributed by atoms with E-state index in [0.717, 1.165) is 6.04 Å². The van der Waals surface area contributed by atoms with Crippen molar-refractivity contribution in [3.8, 4) is 0 Å². The second-order valence-electron chi connectivity index (χ2n) is 7.78. The Morgan fingerprint density at radius 2 is 2.04 bits per heavy atom. The molecule has 1 aromatic heterocycles. The zero-order valence-electron chi connectivity index (χ0n) is 16.1. The molecule has 4 atom stereocenters. The van der Waals surface area contributed by atoms with Crippen molar-refractivity contribution >= 4 is 14.0 Å². The summed E-state index contributed by atoms with van der Waals surface area (Å²) >= 11 is 0. The predicted octanol–water partition coefficient (Wildman–Crippen LogP) is 1.55. The molecule has 0 spiro atoms. The standard InChI is InChI=1S/C17H30N2O6Si/c1-6-13-14(20)15(21)16(25-13)12-9-11(17(22)23-2)18-19(12)10-24-7-8-26(3,4)5/h9,13-16,20-21H,6-8,10H2,1-5H3/t13-,14-,15-,16+/m1/s1. The first-order valence-electron chi connectivity index (χ1n) is 8.93. The minimum absolute atomic E-state index is 0.113. The fraction of sp³-hybridized carbons (Fsp3) is 0.765. The Morgan fingerprint density at radius 1 is 1.35 bits per heavy atom. The number of hydrogen-bond donors (Lipinski definition) is 2. The third-order valence-electron chi connectivity index (χ3n) is 4.47. The van der Waals surface area contributed by atoms with Gasteiger partial charge in [-0.15, -0.1) is 0 Å². The van der Waals surface area contributed by atoms with E-state index >= 15 is 0 Å². The van der Waals surface area contributed by atoms with Crippen molar-refractivity contribution in [1.29, 1.82) is 0 Å². The molecule has 148 valence electrons. The summed E-state index contributed by atoms with van der Waals surface area (Å²) in [5, 5.41) is 24.7. The average Bonchev–Trinajstić information content (AvgIpc) is 3.12. The van der Waals surface area contributed by atoms with Gasteiger partial charge in [0.2, 0.25) is 0 Å². The molecule has 1 aromatic rings. The number of rotatable bonds is 8. The van der Waals surface area contributed by atoms with Gasteiger partial charge in [0.1, 0.15) is 25.0 Å². The van der Waals surface area contributed by atoms with E-state index in [1.54, 1.807) is 0 Å². The van der Waals surface area contributed by atoms with Crippen LogP contribution in [0, 0.1) is 0 Å². The van der Waals surface area contributed by atoms with Gasteiger partial charge in [-0.25, -0.2) is 9.48 Å². The summed E-state index contributed by atoms with van der Waals surface area (Å²) < 4.78 is 17.7. The fourth-order valence-corrected chi connectivity index (χ4v) is 3.58. The zero-order chi connectivity index (χ0) is 19.5. The van der Waals surface area contributed by atoms with Crippen molar-refractivity contribution in [2.75, 3.05) is 13.7 Å². The third-order valence-corrected chi connectivity index (χ3v) is 6.18. The summed E-state index contributed by atoms with van der Waals surface area (Å²) in [5.74, 6) is -0.577. The number of nitrogens with zero attached hydrogens (tertiary/aromatic N) is 2. The van der Waals surface area contributed by atoms with E-state index in [1.807, 2.05) is 6.92 Å². The van der Waals surface area contributed by atoms with Gasteiger partial charge >= 0.3 is 5.97 Å². The van der Waals surface area contributed by atoms with Gasteiger partial charge in [0, 0.05) is 14.7 Å². The molecule has 0 radical (unpaired) electrons. The molecule has 2 heterocycles. The summed E-state index contributed by atoms with van der Waals surface area (Å²) in [6, 6.07) is 2.53. The van der Waals surface area contributed by atoms with Crippen LogP contribution in [0.1, 0.15) is 35.6 Å². The van der Waals surface area contributed by atoms with Gasteiger partial charge in [0.15, 0.2) is 5.69 Å². The van der Waals surface area contributed by atoms with E-state index in [1.165, 1.54) is 17.9 Å². The van der Waals surface area contributed by atoms with Crippen LogP contribution in [0.15, 0.2) is 6.07 Å². The molecule has 26 heavy (non-hydrogen) atoms. The van der Waals surface area contributed by atoms with Crippen molar-refractivity contribution < 1.29 is 29.2 Å². The highest BCUT2D eigenvalue weighted by atomic mass is 28.3. The number of carbonyl (C=O) groups is 1. The summed E-state index contributed by atoms with van der Waals surface area (Å²) in [6.45, 7) is 9.40. The van der Waals surface area contributed by atoms with Crippen LogP contribution < -0.4 is 0 Å². The fourth-order valence-electron chi connectivity index (χ4n) is 2.83. The van der Waals surface area contributed by atoms with Crippen LogP contribution in [-0.4, -0.2) is 66.1 Å². The van der Waals surface area contributed by atoms with E-state index in [4.69, 9.17) is 14.2 Å². The van der Waals surface area contributed by atoms with E-state index < -0.39 is 38.5 Å². The first kappa shape index (κ1) is 21.0. The van der Waals surface area contributed by atoms with E-state index in [-0.39, 0.29) is 12.4 Å². The van der Waals surface area contributed by atoms with Crippen LogP contribution in [0.3, 0.4) is 0 Å². The van der Waals surface area contributed by atoms with Gasteiger partial charge in [-0.05, 0) is 18.5 Å². The van der Waals surface area contributed by atoms with Gasteiger partial charge in [0.05, 0.1) is 18.9 Å². The van der Waals surface area contributed by atoms with Gasteiger partial charge < -0.3 is 24.4 Å². The SMILES string of the molecule is CC[C@H]1O[C@@H](c2cc(C(=O)OC)nn2COCC[Si](C)(C)C)[C@H](O)[C@@H]1O. The molecule has 0 aromatic carbocycles.